The van der Waals surface area contributed by atoms with E-state index in [4.69, 9.17) is 9.40 Å². The molecule has 0 spiro atoms. The quantitative estimate of drug-likeness (QED) is 0.0904. The Morgan fingerprint density at radius 1 is 0.493 bits per heavy atom. The number of para-hydroxylation sites is 1. The van der Waals surface area contributed by atoms with Crippen LogP contribution in [-0.2, 0) is 45.8 Å². The summed E-state index contributed by atoms with van der Waals surface area (Å²) in [6, 6.07) is 71.7. The first-order valence-corrected chi connectivity index (χ1v) is 25.1. The van der Waals surface area contributed by atoms with E-state index < -0.39 is 0 Å². The number of imidazole rings is 1. The Bertz CT molecular complexity index is 3670. The number of hydrogen-bond donors (Lipinski definition) is 0. The van der Waals surface area contributed by atoms with Crippen molar-refractivity contribution in [3.05, 3.63) is 252 Å². The van der Waals surface area contributed by atoms with Crippen LogP contribution >= 0.6 is 0 Å². The molecule has 0 bridgehead atoms. The van der Waals surface area contributed by atoms with Gasteiger partial charge in [-0.05, 0) is 110 Å². The fourth-order valence-corrected chi connectivity index (χ4v) is 9.96. The van der Waals surface area contributed by atoms with E-state index in [1.165, 1.54) is 60.6 Å². The molecule has 0 amide bonds. The molecular formula is C67H55IrN4O. The van der Waals surface area contributed by atoms with Crippen molar-refractivity contribution in [3.63, 3.8) is 0 Å². The van der Waals surface area contributed by atoms with Gasteiger partial charge in [0.2, 0.25) is 0 Å². The SMILES string of the molecule is CC(C)c1cccc(C(C)C)c1-n1ccnc1-c1[c-]ccc2c1oc1cc3c(ccc4ccccc43)cc12.[Ir+3].[c-]1cc(CCc2cccc(CCc3ccc(-c4[c-]cccc4)nc3)c2)ccc1-c1ccccn1. The molecule has 0 saturated heterocycles. The smallest absolute Gasteiger partial charge is 0.501 e. The third-order valence-electron chi connectivity index (χ3n) is 13.8. The Labute approximate surface area is 442 Å². The molecule has 0 aliphatic heterocycles. The Morgan fingerprint density at radius 3 is 1.93 bits per heavy atom. The van der Waals surface area contributed by atoms with Gasteiger partial charge >= 0.3 is 20.1 Å². The molecule has 5 nitrogen and oxygen atoms in total. The number of pyridine rings is 2. The third-order valence-corrected chi connectivity index (χ3v) is 13.8. The Hall–Kier alpha value is -7.76. The predicted octanol–water partition coefficient (Wildman–Crippen LogP) is 16.8. The maximum Gasteiger partial charge on any atom is 3.00 e. The average Bonchev–Trinajstić information content (AvgIpc) is 4.07. The Morgan fingerprint density at radius 2 is 1.21 bits per heavy atom. The fraction of sp³-hybridized carbons (Fsp3) is 0.149. The van der Waals surface area contributed by atoms with Gasteiger partial charge in [-0.25, -0.2) is 0 Å². The zero-order valence-electron chi connectivity index (χ0n) is 41.6. The molecule has 0 N–H and O–H groups in total. The molecule has 0 aliphatic rings. The summed E-state index contributed by atoms with van der Waals surface area (Å²) >= 11 is 0. The minimum atomic E-state index is 0. The number of rotatable bonds is 12. The molecule has 4 heterocycles. The molecule has 0 unspecified atom stereocenters. The number of benzene rings is 8. The van der Waals surface area contributed by atoms with E-state index in [9.17, 15) is 0 Å². The largest absolute Gasteiger partial charge is 3.00 e. The van der Waals surface area contributed by atoms with E-state index >= 15 is 0 Å². The molecule has 12 rings (SSSR count). The summed E-state index contributed by atoms with van der Waals surface area (Å²) in [7, 11) is 0. The molecule has 8 aromatic carbocycles. The van der Waals surface area contributed by atoms with E-state index in [1.807, 2.05) is 67.1 Å². The van der Waals surface area contributed by atoms with E-state index in [0.717, 1.165) is 81.5 Å². The molecular weight excluding hydrogens is 1070 g/mol. The number of fused-ring (bicyclic) bond motifs is 6. The molecule has 12 aromatic rings. The molecule has 4 aromatic heterocycles. The average molecular weight is 1120 g/mol. The summed E-state index contributed by atoms with van der Waals surface area (Å²) in [5.41, 5.74) is 15.7. The number of hydrogen-bond acceptors (Lipinski definition) is 4. The topological polar surface area (TPSA) is 56.7 Å². The Balaban J connectivity index is 0.000000166. The predicted molar refractivity (Wildman–Crippen MR) is 297 cm³/mol. The van der Waals surface area contributed by atoms with E-state index in [1.54, 1.807) is 0 Å². The standard InChI is InChI=1S/C35H29N2O.C32H26N2.Ir/c1-21(2)25-11-7-12-26(22(3)4)33(25)37-18-17-36-35(37)29-14-8-13-28-31-19-24-16-15-23-9-5-6-10-27(23)30(24)20-32(31)38-34(28)29;1-2-9-29(10-3-1)32-21-18-28(24-34-32)15-14-27-8-6-7-26(23-27)13-12-25-16-19-30(20-17-25)31-11-4-5-22-33-31;/h5-13,15-22H,1-4H3;1-9,11,16-19,21-24H,12-15H2;/q-1;-2;+3. The van der Waals surface area contributed by atoms with E-state index in [2.05, 4.69) is 194 Å². The summed E-state index contributed by atoms with van der Waals surface area (Å²) in [5.74, 6) is 1.61. The van der Waals surface area contributed by atoms with Gasteiger partial charge in [-0.15, -0.1) is 89.5 Å². The van der Waals surface area contributed by atoms with Crippen molar-refractivity contribution < 1.29 is 24.5 Å². The van der Waals surface area contributed by atoms with Crippen molar-refractivity contribution in [2.24, 2.45) is 0 Å². The normalized spacial score (nSPS) is 11.4. The van der Waals surface area contributed by atoms with Crippen LogP contribution in [0.5, 0.6) is 0 Å². The van der Waals surface area contributed by atoms with Gasteiger partial charge < -0.3 is 19.0 Å². The summed E-state index contributed by atoms with van der Waals surface area (Å²) in [6.45, 7) is 9.00. The third kappa shape index (κ3) is 10.5. The molecule has 0 fully saturated rings. The van der Waals surface area contributed by atoms with Gasteiger partial charge in [0, 0.05) is 35.9 Å². The zero-order chi connectivity index (χ0) is 49.0. The van der Waals surface area contributed by atoms with Crippen LogP contribution in [0, 0.1) is 18.2 Å². The molecule has 0 atom stereocenters. The van der Waals surface area contributed by atoms with Crippen LogP contribution < -0.4 is 0 Å². The number of furan rings is 1. The molecule has 0 aliphatic carbocycles. The first-order chi connectivity index (χ1) is 35.3. The second kappa shape index (κ2) is 21.9. The monoisotopic (exact) mass is 1120 g/mol. The molecule has 0 radical (unpaired) electrons. The van der Waals surface area contributed by atoms with Gasteiger partial charge in [0.25, 0.3) is 0 Å². The van der Waals surface area contributed by atoms with Crippen molar-refractivity contribution in [2.45, 2.75) is 65.2 Å². The van der Waals surface area contributed by atoms with Gasteiger partial charge in [0.1, 0.15) is 5.58 Å². The summed E-state index contributed by atoms with van der Waals surface area (Å²) in [6.07, 6.45) is 11.8. The Kier molecular flexibility index (Phi) is 14.7. The van der Waals surface area contributed by atoms with Crippen molar-refractivity contribution >= 4 is 43.5 Å². The zero-order valence-corrected chi connectivity index (χ0v) is 44.0. The van der Waals surface area contributed by atoms with Gasteiger partial charge in [-0.1, -0.05) is 148 Å². The van der Waals surface area contributed by atoms with Crippen LogP contribution in [0.1, 0.15) is 72.9 Å². The second-order valence-corrected chi connectivity index (χ2v) is 19.2. The van der Waals surface area contributed by atoms with E-state index in [0.29, 0.717) is 11.8 Å². The molecule has 73 heavy (non-hydrogen) atoms. The van der Waals surface area contributed by atoms with Crippen LogP contribution in [0.25, 0.3) is 83.1 Å². The van der Waals surface area contributed by atoms with Crippen molar-refractivity contribution in [3.8, 4) is 39.6 Å². The molecule has 358 valence electrons. The summed E-state index contributed by atoms with van der Waals surface area (Å²) < 4.78 is 8.86. The van der Waals surface area contributed by atoms with Crippen LogP contribution in [0.15, 0.2) is 205 Å². The van der Waals surface area contributed by atoms with Crippen LogP contribution in [0.3, 0.4) is 0 Å². The van der Waals surface area contributed by atoms with Crippen LogP contribution in [0.2, 0.25) is 0 Å². The van der Waals surface area contributed by atoms with Gasteiger partial charge in [-0.3, -0.25) is 4.98 Å². The minimum Gasteiger partial charge on any atom is -0.501 e. The minimum absolute atomic E-state index is 0. The maximum absolute atomic E-state index is 6.63. The second-order valence-electron chi connectivity index (χ2n) is 19.2. The molecule has 0 saturated carbocycles. The number of aryl methyl sites for hydroxylation is 4. The van der Waals surface area contributed by atoms with Gasteiger partial charge in [0.15, 0.2) is 0 Å². The maximum atomic E-state index is 6.63. The van der Waals surface area contributed by atoms with Crippen molar-refractivity contribution in [2.75, 3.05) is 0 Å². The van der Waals surface area contributed by atoms with Gasteiger partial charge in [-0.2, -0.15) is 0 Å². The van der Waals surface area contributed by atoms with E-state index in [-0.39, 0.29) is 20.1 Å². The first kappa shape index (κ1) is 48.8. The summed E-state index contributed by atoms with van der Waals surface area (Å²) in [5, 5.41) is 7.08. The van der Waals surface area contributed by atoms with Crippen LogP contribution in [-0.4, -0.2) is 19.5 Å². The van der Waals surface area contributed by atoms with Gasteiger partial charge in [0.05, 0.1) is 11.4 Å². The van der Waals surface area contributed by atoms with Crippen LogP contribution in [0.4, 0.5) is 0 Å². The number of nitrogens with zero attached hydrogens (tertiary/aromatic N) is 4. The van der Waals surface area contributed by atoms with Crippen molar-refractivity contribution in [1.29, 1.82) is 0 Å². The molecule has 6 heteroatoms. The van der Waals surface area contributed by atoms with Crippen molar-refractivity contribution in [1.82, 2.24) is 19.5 Å². The first-order valence-electron chi connectivity index (χ1n) is 25.1. The number of aromatic nitrogens is 4. The summed E-state index contributed by atoms with van der Waals surface area (Å²) in [4.78, 5) is 13.9. The fourth-order valence-electron chi connectivity index (χ4n) is 9.96.